The smallest absolute Gasteiger partial charge is 0.0227 e. The van der Waals surface area contributed by atoms with Gasteiger partial charge in [-0.25, -0.2) is 0 Å². The summed E-state index contributed by atoms with van der Waals surface area (Å²) in [5, 5.41) is 0. The van der Waals surface area contributed by atoms with Crippen LogP contribution in [-0.2, 0) is 19.4 Å². The minimum absolute atomic E-state index is 1.01. The fourth-order valence-corrected chi connectivity index (χ4v) is 5.14. The molecule has 0 saturated heterocycles. The zero-order chi connectivity index (χ0) is 26.4. The van der Waals surface area contributed by atoms with Gasteiger partial charge < -0.3 is 4.90 Å². The largest absolute Gasteiger partial charge is 0.305 e. The molecule has 0 fully saturated rings. The Morgan fingerprint density at radius 2 is 0.889 bits per heavy atom. The first-order chi connectivity index (χ1) is 17.4. The second kappa shape index (κ2) is 21.7. The monoisotopic (exact) mass is 495 g/mol. The van der Waals surface area contributed by atoms with Gasteiger partial charge in [-0.05, 0) is 82.2 Å². The van der Waals surface area contributed by atoms with Gasteiger partial charge in [0.15, 0.2) is 0 Å². The van der Waals surface area contributed by atoms with Crippen molar-refractivity contribution >= 4 is 0 Å². The van der Waals surface area contributed by atoms with Gasteiger partial charge in [-0.3, -0.25) is 0 Å². The molecule has 0 radical (unpaired) electrons. The van der Waals surface area contributed by atoms with Crippen LogP contribution in [0.5, 0.6) is 0 Å². The molecule has 0 aliphatic heterocycles. The predicted molar refractivity (Wildman–Crippen MR) is 164 cm³/mol. The third kappa shape index (κ3) is 18.0. The van der Waals surface area contributed by atoms with Crippen molar-refractivity contribution in [3.05, 3.63) is 59.2 Å². The lowest BCUT2D eigenvalue weighted by atomic mass is 9.95. The fourth-order valence-electron chi connectivity index (χ4n) is 5.14. The molecule has 0 amide bonds. The number of hydrogen-bond acceptors (Lipinski definition) is 1. The Balaban J connectivity index is 2.43. The van der Waals surface area contributed by atoms with Gasteiger partial charge in [-0.2, -0.15) is 0 Å². The summed E-state index contributed by atoms with van der Waals surface area (Å²) in [5.74, 6) is 0. The number of nitrogens with zero attached hydrogens (tertiary/aromatic N) is 1. The minimum atomic E-state index is 1.01. The Bertz CT molecular complexity index is 646. The normalized spacial score (nSPS) is 11.4. The third-order valence-corrected chi connectivity index (χ3v) is 7.41. The lowest BCUT2D eigenvalue weighted by molar-refractivity contribution is 0.402. The highest BCUT2D eigenvalue weighted by Crippen LogP contribution is 2.21. The van der Waals surface area contributed by atoms with Crippen LogP contribution in [0.3, 0.4) is 0 Å². The molecule has 0 aliphatic rings. The van der Waals surface area contributed by atoms with Gasteiger partial charge in [0.05, 0.1) is 0 Å². The zero-order valence-electron chi connectivity index (χ0n) is 24.9. The summed E-state index contributed by atoms with van der Waals surface area (Å²) >= 11 is 0. The van der Waals surface area contributed by atoms with Crippen molar-refractivity contribution in [3.8, 4) is 0 Å². The molecular weight excluding hydrogens is 434 g/mol. The van der Waals surface area contributed by atoms with E-state index < -0.39 is 0 Å². The summed E-state index contributed by atoms with van der Waals surface area (Å²) in [6, 6.07) is 7.32. The standard InChI is InChI=1S/C35H61N/c1-7-9-11-13-15-17-19-21-31(3)23-25-33-27-34(29-35(28-33)30-36(5)6)26-24-32(4)22-20-18-16-14-12-10-8-2/h27-29H,3-4,7-26,30H2,1-2,5-6H3. The van der Waals surface area contributed by atoms with Gasteiger partial charge in [0.25, 0.3) is 0 Å². The molecule has 0 N–H and O–H groups in total. The van der Waals surface area contributed by atoms with Crippen LogP contribution in [0.2, 0.25) is 0 Å². The number of benzene rings is 1. The van der Waals surface area contributed by atoms with Gasteiger partial charge in [-0.1, -0.05) is 133 Å². The summed E-state index contributed by atoms with van der Waals surface area (Å²) in [4.78, 5) is 2.28. The Labute approximate surface area is 226 Å². The van der Waals surface area contributed by atoms with Gasteiger partial charge >= 0.3 is 0 Å². The Kier molecular flexibility index (Phi) is 19.7. The summed E-state index contributed by atoms with van der Waals surface area (Å²) in [7, 11) is 4.33. The fraction of sp³-hybridized carbons (Fsp3) is 0.714. The topological polar surface area (TPSA) is 3.24 Å². The maximum absolute atomic E-state index is 4.41. The van der Waals surface area contributed by atoms with E-state index in [9.17, 15) is 0 Å². The molecule has 1 nitrogen and oxygen atoms in total. The molecule has 1 aromatic rings. The zero-order valence-corrected chi connectivity index (χ0v) is 24.9. The van der Waals surface area contributed by atoms with Crippen LogP contribution >= 0.6 is 0 Å². The average molecular weight is 496 g/mol. The molecule has 1 heteroatoms. The van der Waals surface area contributed by atoms with Gasteiger partial charge in [-0.15, -0.1) is 0 Å². The highest BCUT2D eigenvalue weighted by molar-refractivity contribution is 5.31. The maximum Gasteiger partial charge on any atom is 0.0227 e. The van der Waals surface area contributed by atoms with Gasteiger partial charge in [0, 0.05) is 6.54 Å². The van der Waals surface area contributed by atoms with Crippen LogP contribution in [0.25, 0.3) is 0 Å². The number of rotatable bonds is 24. The Morgan fingerprint density at radius 3 is 1.28 bits per heavy atom. The SMILES string of the molecule is C=C(CCCCCCCCC)CCc1cc(CCC(=C)CCCCCCCCC)cc(CN(C)C)c1. The average Bonchev–Trinajstić information content (AvgIpc) is 2.84. The summed E-state index contributed by atoms with van der Waals surface area (Å²) in [5.41, 5.74) is 7.30. The van der Waals surface area contributed by atoms with Crippen molar-refractivity contribution in [1.29, 1.82) is 0 Å². The van der Waals surface area contributed by atoms with E-state index in [1.807, 2.05) is 0 Å². The Morgan fingerprint density at radius 1 is 0.528 bits per heavy atom. The molecular formula is C35H61N. The first-order valence-electron chi connectivity index (χ1n) is 15.5. The van der Waals surface area contributed by atoms with Crippen molar-refractivity contribution in [1.82, 2.24) is 4.90 Å². The van der Waals surface area contributed by atoms with E-state index in [1.54, 1.807) is 0 Å². The van der Waals surface area contributed by atoms with Crippen LogP contribution in [0.4, 0.5) is 0 Å². The third-order valence-electron chi connectivity index (χ3n) is 7.41. The second-order valence-corrected chi connectivity index (χ2v) is 11.6. The quantitative estimate of drug-likeness (QED) is 0.102. The molecule has 206 valence electrons. The van der Waals surface area contributed by atoms with Crippen molar-refractivity contribution < 1.29 is 0 Å². The van der Waals surface area contributed by atoms with E-state index in [0.717, 1.165) is 32.2 Å². The van der Waals surface area contributed by atoms with Crippen molar-refractivity contribution in [2.24, 2.45) is 0 Å². The van der Waals surface area contributed by atoms with E-state index in [1.165, 1.54) is 131 Å². The van der Waals surface area contributed by atoms with Gasteiger partial charge in [0.1, 0.15) is 0 Å². The van der Waals surface area contributed by atoms with E-state index >= 15 is 0 Å². The number of hydrogen-bond donors (Lipinski definition) is 0. The molecule has 0 aromatic heterocycles. The van der Waals surface area contributed by atoms with Crippen LogP contribution in [-0.4, -0.2) is 19.0 Å². The molecule has 0 atom stereocenters. The lowest BCUT2D eigenvalue weighted by Crippen LogP contribution is -2.11. The van der Waals surface area contributed by atoms with Crippen molar-refractivity contribution in [3.63, 3.8) is 0 Å². The van der Waals surface area contributed by atoms with E-state index in [4.69, 9.17) is 0 Å². The molecule has 0 spiro atoms. The van der Waals surface area contributed by atoms with E-state index in [2.05, 4.69) is 64.2 Å². The summed E-state index contributed by atoms with van der Waals surface area (Å²) < 4.78 is 0. The van der Waals surface area contributed by atoms with Crippen LogP contribution < -0.4 is 0 Å². The van der Waals surface area contributed by atoms with Crippen molar-refractivity contribution in [2.45, 2.75) is 149 Å². The maximum atomic E-state index is 4.41. The lowest BCUT2D eigenvalue weighted by Gasteiger charge is -2.15. The molecule has 0 aliphatic carbocycles. The number of unbranched alkanes of at least 4 members (excludes halogenated alkanes) is 12. The summed E-state index contributed by atoms with van der Waals surface area (Å²) in [6.07, 6.45) is 26.2. The van der Waals surface area contributed by atoms with Crippen LogP contribution in [0, 0.1) is 0 Å². The molecule has 0 heterocycles. The van der Waals surface area contributed by atoms with Gasteiger partial charge in [0.2, 0.25) is 0 Å². The van der Waals surface area contributed by atoms with Crippen LogP contribution in [0.1, 0.15) is 146 Å². The van der Waals surface area contributed by atoms with Crippen LogP contribution in [0.15, 0.2) is 42.5 Å². The number of aryl methyl sites for hydroxylation is 2. The molecule has 0 unspecified atom stereocenters. The molecule has 1 aromatic carbocycles. The second-order valence-electron chi connectivity index (χ2n) is 11.6. The Hall–Kier alpha value is -1.34. The first-order valence-corrected chi connectivity index (χ1v) is 15.5. The minimum Gasteiger partial charge on any atom is -0.305 e. The predicted octanol–water partition coefficient (Wildman–Crippen LogP) is 11.0. The number of allylic oxidation sites excluding steroid dienone is 2. The van der Waals surface area contributed by atoms with E-state index in [-0.39, 0.29) is 0 Å². The molecule has 36 heavy (non-hydrogen) atoms. The molecule has 0 saturated carbocycles. The summed E-state index contributed by atoms with van der Waals surface area (Å²) in [6.45, 7) is 14.4. The molecule has 0 bridgehead atoms. The van der Waals surface area contributed by atoms with E-state index in [0.29, 0.717) is 0 Å². The first kappa shape index (κ1) is 32.7. The molecule has 1 rings (SSSR count). The van der Waals surface area contributed by atoms with Crippen molar-refractivity contribution in [2.75, 3.05) is 14.1 Å². The highest BCUT2D eigenvalue weighted by atomic mass is 15.0. The highest BCUT2D eigenvalue weighted by Gasteiger charge is 2.06.